The molecule has 1 N–H and O–H groups in total. The van der Waals surface area contributed by atoms with Gasteiger partial charge in [0.15, 0.2) is 5.58 Å². The lowest BCUT2D eigenvalue weighted by Gasteiger charge is -2.32. The summed E-state index contributed by atoms with van der Waals surface area (Å²) in [5, 5.41) is 3.33. The number of hydrogen-bond donors (Lipinski definition) is 1. The molecule has 1 aliphatic rings. The molecule has 27 heavy (non-hydrogen) atoms. The van der Waals surface area contributed by atoms with Crippen molar-refractivity contribution in [3.8, 4) is 0 Å². The van der Waals surface area contributed by atoms with Gasteiger partial charge in [-0.15, -0.1) is 0 Å². The quantitative estimate of drug-likeness (QED) is 0.703. The van der Waals surface area contributed by atoms with Crippen molar-refractivity contribution in [2.24, 2.45) is 0 Å². The molecule has 0 spiro atoms. The van der Waals surface area contributed by atoms with Crippen LogP contribution in [0.3, 0.4) is 0 Å². The molecule has 3 aromatic rings. The Morgan fingerprint density at radius 1 is 1.07 bits per heavy atom. The van der Waals surface area contributed by atoms with Crippen molar-refractivity contribution in [2.45, 2.75) is 31.6 Å². The predicted octanol–water partition coefficient (Wildman–Crippen LogP) is 4.92. The second-order valence-corrected chi connectivity index (χ2v) is 6.88. The van der Waals surface area contributed by atoms with Gasteiger partial charge in [0.2, 0.25) is 0 Å². The zero-order chi connectivity index (χ0) is 18.9. The number of benzene rings is 2. The van der Waals surface area contributed by atoms with Gasteiger partial charge in [0.25, 0.3) is 6.01 Å². The van der Waals surface area contributed by atoms with Crippen LogP contribution in [0.15, 0.2) is 52.9 Å². The number of fused-ring (bicyclic) bond motifs is 1. The summed E-state index contributed by atoms with van der Waals surface area (Å²) in [6.07, 6.45) is -2.53. The maximum atomic E-state index is 12.8. The second-order valence-electron chi connectivity index (χ2n) is 6.88. The molecular weight excluding hydrogens is 355 g/mol. The van der Waals surface area contributed by atoms with Gasteiger partial charge >= 0.3 is 6.18 Å². The summed E-state index contributed by atoms with van der Waals surface area (Å²) in [4.78, 5) is 6.61. The molecule has 0 radical (unpaired) electrons. The highest BCUT2D eigenvalue weighted by Gasteiger charge is 2.30. The topological polar surface area (TPSA) is 41.3 Å². The summed E-state index contributed by atoms with van der Waals surface area (Å²) in [5.74, 6) is 0. The molecule has 0 saturated carbocycles. The van der Waals surface area contributed by atoms with Crippen LogP contribution in [0, 0.1) is 0 Å². The molecule has 0 unspecified atom stereocenters. The molecule has 0 aliphatic carbocycles. The number of para-hydroxylation sites is 2. The van der Waals surface area contributed by atoms with Gasteiger partial charge in [-0.2, -0.15) is 18.2 Å². The van der Waals surface area contributed by atoms with Gasteiger partial charge in [0, 0.05) is 25.7 Å². The zero-order valence-corrected chi connectivity index (χ0v) is 14.7. The van der Waals surface area contributed by atoms with Crippen molar-refractivity contribution in [3.05, 3.63) is 59.7 Å². The van der Waals surface area contributed by atoms with Crippen LogP contribution in [-0.2, 0) is 12.7 Å². The van der Waals surface area contributed by atoms with E-state index in [4.69, 9.17) is 4.42 Å². The minimum Gasteiger partial charge on any atom is -0.424 e. The van der Waals surface area contributed by atoms with E-state index >= 15 is 0 Å². The molecule has 142 valence electrons. The molecule has 1 saturated heterocycles. The van der Waals surface area contributed by atoms with E-state index in [0.717, 1.165) is 43.1 Å². The smallest absolute Gasteiger partial charge is 0.416 e. The van der Waals surface area contributed by atoms with Crippen LogP contribution in [0.25, 0.3) is 11.1 Å². The number of piperidine rings is 1. The maximum Gasteiger partial charge on any atom is 0.416 e. The SMILES string of the molecule is FC(F)(F)c1cccc(CN2CCC(Nc3nc4ccccc4o3)CC2)c1. The summed E-state index contributed by atoms with van der Waals surface area (Å²) in [5.41, 5.74) is 1.67. The van der Waals surface area contributed by atoms with Gasteiger partial charge in [-0.05, 0) is 36.6 Å². The highest BCUT2D eigenvalue weighted by Crippen LogP contribution is 2.30. The largest absolute Gasteiger partial charge is 0.424 e. The summed E-state index contributed by atoms with van der Waals surface area (Å²) in [6.45, 7) is 2.15. The minimum absolute atomic E-state index is 0.246. The van der Waals surface area contributed by atoms with Gasteiger partial charge in [0.05, 0.1) is 5.56 Å². The molecule has 7 heteroatoms. The molecule has 0 atom stereocenters. The Bertz CT molecular complexity index is 881. The number of hydrogen-bond acceptors (Lipinski definition) is 4. The number of nitrogens with one attached hydrogen (secondary N) is 1. The molecule has 1 aliphatic heterocycles. The number of oxazole rings is 1. The van der Waals surface area contributed by atoms with Crippen LogP contribution >= 0.6 is 0 Å². The van der Waals surface area contributed by atoms with E-state index in [0.29, 0.717) is 18.1 Å². The normalized spacial score (nSPS) is 16.7. The Morgan fingerprint density at radius 3 is 2.59 bits per heavy atom. The average Bonchev–Trinajstić information content (AvgIpc) is 3.05. The lowest BCUT2D eigenvalue weighted by molar-refractivity contribution is -0.137. The Balaban J connectivity index is 1.32. The third-order valence-electron chi connectivity index (χ3n) is 4.87. The molecule has 2 aromatic carbocycles. The highest BCUT2D eigenvalue weighted by atomic mass is 19.4. The summed E-state index contributed by atoms with van der Waals surface area (Å²) in [6, 6.07) is 13.9. The predicted molar refractivity (Wildman–Crippen MR) is 97.4 cm³/mol. The minimum atomic E-state index is -4.30. The first-order valence-corrected chi connectivity index (χ1v) is 8.98. The average molecular weight is 375 g/mol. The maximum absolute atomic E-state index is 12.8. The van der Waals surface area contributed by atoms with Crippen LogP contribution in [0.4, 0.5) is 19.2 Å². The first-order chi connectivity index (χ1) is 13.0. The van der Waals surface area contributed by atoms with E-state index in [2.05, 4.69) is 15.2 Å². The number of anilines is 1. The standard InChI is InChI=1S/C20H20F3N3O/c21-20(22,23)15-5-3-4-14(12-15)13-26-10-8-16(9-11-26)24-19-25-17-6-1-2-7-18(17)27-19/h1-7,12,16H,8-11,13H2,(H,24,25). The summed E-state index contributed by atoms with van der Waals surface area (Å²) in [7, 11) is 0. The Hall–Kier alpha value is -2.54. The lowest BCUT2D eigenvalue weighted by Crippen LogP contribution is -2.38. The monoisotopic (exact) mass is 375 g/mol. The van der Waals surface area contributed by atoms with E-state index in [9.17, 15) is 13.2 Å². The lowest BCUT2D eigenvalue weighted by atomic mass is 10.0. The number of alkyl halides is 3. The van der Waals surface area contributed by atoms with Crippen LogP contribution < -0.4 is 5.32 Å². The van der Waals surface area contributed by atoms with Gasteiger partial charge in [0.1, 0.15) is 5.52 Å². The number of likely N-dealkylation sites (tertiary alicyclic amines) is 1. The number of nitrogens with zero attached hydrogens (tertiary/aromatic N) is 2. The molecule has 4 rings (SSSR count). The fourth-order valence-electron chi connectivity index (χ4n) is 3.45. The van der Waals surface area contributed by atoms with E-state index < -0.39 is 11.7 Å². The van der Waals surface area contributed by atoms with Gasteiger partial charge in [-0.1, -0.05) is 30.3 Å². The van der Waals surface area contributed by atoms with Crippen molar-refractivity contribution in [2.75, 3.05) is 18.4 Å². The number of aromatic nitrogens is 1. The van der Waals surface area contributed by atoms with Crippen molar-refractivity contribution >= 4 is 17.1 Å². The van der Waals surface area contributed by atoms with Gasteiger partial charge < -0.3 is 9.73 Å². The molecular formula is C20H20F3N3O. The second kappa shape index (κ2) is 7.23. The number of halogens is 3. The number of rotatable bonds is 4. The third-order valence-corrected chi connectivity index (χ3v) is 4.87. The van der Waals surface area contributed by atoms with Crippen LogP contribution in [0.5, 0.6) is 0 Å². The molecule has 4 nitrogen and oxygen atoms in total. The fourth-order valence-corrected chi connectivity index (χ4v) is 3.45. The van der Waals surface area contributed by atoms with E-state index in [1.807, 2.05) is 24.3 Å². The van der Waals surface area contributed by atoms with Crippen LogP contribution in [0.2, 0.25) is 0 Å². The third kappa shape index (κ3) is 4.24. The molecule has 1 fully saturated rings. The van der Waals surface area contributed by atoms with E-state index in [1.54, 1.807) is 6.07 Å². The van der Waals surface area contributed by atoms with Crippen molar-refractivity contribution < 1.29 is 17.6 Å². The zero-order valence-electron chi connectivity index (χ0n) is 14.7. The van der Waals surface area contributed by atoms with Gasteiger partial charge in [-0.25, -0.2) is 0 Å². The summed E-state index contributed by atoms with van der Waals surface area (Å²) >= 11 is 0. The first-order valence-electron chi connectivity index (χ1n) is 8.98. The fraction of sp³-hybridized carbons (Fsp3) is 0.350. The van der Waals surface area contributed by atoms with Crippen molar-refractivity contribution in [1.29, 1.82) is 0 Å². The van der Waals surface area contributed by atoms with E-state index in [-0.39, 0.29) is 6.04 Å². The molecule has 1 aromatic heterocycles. The summed E-state index contributed by atoms with van der Waals surface area (Å²) < 4.78 is 44.2. The van der Waals surface area contributed by atoms with Crippen molar-refractivity contribution in [3.63, 3.8) is 0 Å². The molecule has 2 heterocycles. The van der Waals surface area contributed by atoms with Crippen molar-refractivity contribution in [1.82, 2.24) is 9.88 Å². The van der Waals surface area contributed by atoms with Crippen LogP contribution in [-0.4, -0.2) is 29.0 Å². The van der Waals surface area contributed by atoms with E-state index in [1.165, 1.54) is 12.1 Å². The first kappa shape index (κ1) is 17.9. The Kier molecular flexibility index (Phi) is 4.78. The molecule has 0 bridgehead atoms. The highest BCUT2D eigenvalue weighted by molar-refractivity contribution is 5.74. The van der Waals surface area contributed by atoms with Gasteiger partial charge in [-0.3, -0.25) is 4.90 Å². The van der Waals surface area contributed by atoms with Crippen LogP contribution in [0.1, 0.15) is 24.0 Å². The molecule has 0 amide bonds. The Labute approximate surface area is 155 Å². The Morgan fingerprint density at radius 2 is 1.85 bits per heavy atom.